The zero-order chi connectivity index (χ0) is 16.9. The van der Waals surface area contributed by atoms with E-state index in [0.29, 0.717) is 24.7 Å². The van der Waals surface area contributed by atoms with Crippen molar-refractivity contribution in [2.75, 3.05) is 24.7 Å². The zero-order valence-electron chi connectivity index (χ0n) is 12.8. The van der Waals surface area contributed by atoms with Crippen LogP contribution in [0.4, 0.5) is 0 Å². The molecule has 0 unspecified atom stereocenters. The topological polar surface area (TPSA) is 57.1 Å². The van der Waals surface area contributed by atoms with Crippen molar-refractivity contribution in [3.8, 4) is 5.75 Å². The van der Waals surface area contributed by atoms with Crippen molar-refractivity contribution in [3.63, 3.8) is 0 Å². The molecule has 0 N–H and O–H groups in total. The van der Waals surface area contributed by atoms with Crippen LogP contribution in [0.2, 0.25) is 0 Å². The van der Waals surface area contributed by atoms with Crippen LogP contribution in [0.1, 0.15) is 19.4 Å². The van der Waals surface area contributed by atoms with Crippen LogP contribution in [0.3, 0.4) is 0 Å². The Bertz CT molecular complexity index is 590. The van der Waals surface area contributed by atoms with Crippen LogP contribution < -0.4 is 4.74 Å². The summed E-state index contributed by atoms with van der Waals surface area (Å²) in [4.78, 5) is 11.7. The summed E-state index contributed by atoms with van der Waals surface area (Å²) < 4.78 is 18.4. The Kier molecular flexibility index (Phi) is 7.29. The minimum absolute atomic E-state index is 0.0385. The van der Waals surface area contributed by atoms with Crippen LogP contribution in [0.15, 0.2) is 28.4 Å². The number of benzene rings is 1. The molecule has 132 valence electrons. The van der Waals surface area contributed by atoms with E-state index in [9.17, 15) is 4.91 Å². The Balaban J connectivity index is 2.45. The van der Waals surface area contributed by atoms with Crippen LogP contribution in [0.5, 0.6) is 5.75 Å². The third-order valence-electron chi connectivity index (χ3n) is 3.25. The predicted octanol–water partition coefficient (Wildman–Crippen LogP) is 4.36. The molecule has 9 heteroatoms. The molecule has 0 spiro atoms. The molecule has 0 aliphatic carbocycles. The van der Waals surface area contributed by atoms with Gasteiger partial charge in [-0.15, -0.1) is 0 Å². The molecule has 0 radical (unpaired) electrons. The van der Waals surface area contributed by atoms with E-state index in [1.165, 1.54) is 0 Å². The Labute approximate surface area is 150 Å². The van der Waals surface area contributed by atoms with Gasteiger partial charge in [-0.05, 0) is 0 Å². The molecule has 0 amide bonds. The van der Waals surface area contributed by atoms with Gasteiger partial charge >= 0.3 is 151 Å². The third kappa shape index (κ3) is 5.14. The molecule has 0 bridgehead atoms. The van der Waals surface area contributed by atoms with Crippen molar-refractivity contribution in [2.45, 2.75) is 24.8 Å². The average Bonchev–Trinajstić information content (AvgIpc) is 2.49. The quantitative estimate of drug-likeness (QED) is 0.353. The van der Waals surface area contributed by atoms with Crippen molar-refractivity contribution in [2.24, 2.45) is 5.34 Å². The van der Waals surface area contributed by atoms with Crippen molar-refractivity contribution < 1.29 is 27.3 Å². The maximum absolute atomic E-state index is 10.8. The van der Waals surface area contributed by atoms with Crippen LogP contribution >= 0.6 is 29.7 Å². The number of ether oxygens (including phenoxy) is 2. The SMILES string of the molecule is CC(C)Oc1ccc(S2(ON=O)CCOCC2)cc1[CH]=[Ru]([Cl])[Cl]. The molecule has 1 aliphatic heterocycles. The van der Waals surface area contributed by atoms with Gasteiger partial charge in [0.1, 0.15) is 0 Å². The van der Waals surface area contributed by atoms with Crippen molar-refractivity contribution >= 4 is 34.3 Å². The van der Waals surface area contributed by atoms with Crippen LogP contribution in [-0.2, 0) is 22.5 Å². The fourth-order valence-electron chi connectivity index (χ4n) is 2.28. The molecule has 0 saturated carbocycles. The molecule has 2 rings (SSSR count). The number of rotatable bonds is 6. The summed E-state index contributed by atoms with van der Waals surface area (Å²) in [5, 5.41) is 2.72. The molecule has 0 aromatic heterocycles. The Hall–Kier alpha value is -0.197. The van der Waals surface area contributed by atoms with E-state index < -0.39 is 23.8 Å². The summed E-state index contributed by atoms with van der Waals surface area (Å²) in [7, 11) is 10.3. The van der Waals surface area contributed by atoms with Crippen LogP contribution in [0.25, 0.3) is 0 Å². The molecule has 23 heavy (non-hydrogen) atoms. The van der Waals surface area contributed by atoms with Crippen LogP contribution in [0, 0.1) is 4.91 Å². The van der Waals surface area contributed by atoms with E-state index in [-0.39, 0.29) is 6.10 Å². The number of hydrogen-bond donors (Lipinski definition) is 0. The molecular formula is C14H19Cl2NO4RuS. The van der Waals surface area contributed by atoms with Crippen molar-refractivity contribution in [1.82, 2.24) is 0 Å². The van der Waals surface area contributed by atoms with Gasteiger partial charge in [-0.1, -0.05) is 0 Å². The van der Waals surface area contributed by atoms with Gasteiger partial charge in [0, 0.05) is 0 Å². The Morgan fingerprint density at radius 1 is 1.35 bits per heavy atom. The van der Waals surface area contributed by atoms with E-state index in [1.807, 2.05) is 36.7 Å². The summed E-state index contributed by atoms with van der Waals surface area (Å²) in [6.45, 7) is 5.02. The van der Waals surface area contributed by atoms with Gasteiger partial charge in [-0.3, -0.25) is 0 Å². The van der Waals surface area contributed by atoms with Gasteiger partial charge < -0.3 is 0 Å². The first-order valence-corrected chi connectivity index (χ1v) is 14.4. The standard InChI is InChI=1S/C14H19NO4S.2ClH.Ru/c1-11(2)18-14-5-4-13(10-12(14)3)20(19-15-16)8-6-17-7-9-20;;;/h3-5,10-11H,6-9H2,1-2H3;2*1H;/q;;;+2/p-2. The van der Waals surface area contributed by atoms with Gasteiger partial charge in [0.15, 0.2) is 0 Å². The summed E-state index contributed by atoms with van der Waals surface area (Å²) in [5.41, 5.74) is 0.841. The molecule has 5 nitrogen and oxygen atoms in total. The second-order valence-corrected chi connectivity index (χ2v) is 13.9. The Morgan fingerprint density at radius 2 is 2.04 bits per heavy atom. The molecule has 1 aromatic rings. The van der Waals surface area contributed by atoms with E-state index in [2.05, 4.69) is 5.34 Å². The van der Waals surface area contributed by atoms with Crippen molar-refractivity contribution in [1.29, 1.82) is 0 Å². The number of halogens is 2. The van der Waals surface area contributed by atoms with Gasteiger partial charge in [0.05, 0.1) is 0 Å². The monoisotopic (exact) mass is 469 g/mol. The van der Waals surface area contributed by atoms with E-state index in [0.717, 1.165) is 16.2 Å². The normalized spacial score (nSPS) is 18.9. The second kappa shape index (κ2) is 8.77. The average molecular weight is 469 g/mol. The van der Waals surface area contributed by atoms with E-state index in [4.69, 9.17) is 33.1 Å². The molecule has 1 aliphatic rings. The van der Waals surface area contributed by atoms with Gasteiger partial charge in [-0.2, -0.15) is 0 Å². The summed E-state index contributed by atoms with van der Waals surface area (Å²) in [6, 6.07) is 5.76. The predicted molar refractivity (Wildman–Crippen MR) is 92.4 cm³/mol. The van der Waals surface area contributed by atoms with Gasteiger partial charge in [-0.25, -0.2) is 0 Å². The van der Waals surface area contributed by atoms with E-state index in [1.54, 1.807) is 0 Å². The molecule has 1 heterocycles. The zero-order valence-corrected chi connectivity index (χ0v) is 16.9. The summed E-state index contributed by atoms with van der Waals surface area (Å²) in [6.07, 6.45) is 0.0385. The van der Waals surface area contributed by atoms with E-state index >= 15 is 0 Å². The molecule has 1 aromatic carbocycles. The third-order valence-corrected chi connectivity index (χ3v) is 8.19. The van der Waals surface area contributed by atoms with Gasteiger partial charge in [0.25, 0.3) is 0 Å². The number of nitrogens with zero attached hydrogens (tertiary/aromatic N) is 1. The minimum atomic E-state index is -2.02. The molecule has 1 fully saturated rings. The summed E-state index contributed by atoms with van der Waals surface area (Å²) in [5.74, 6) is 2.02. The van der Waals surface area contributed by atoms with Crippen LogP contribution in [-0.4, -0.2) is 35.4 Å². The van der Waals surface area contributed by atoms with Crippen molar-refractivity contribution in [3.05, 3.63) is 28.7 Å². The fraction of sp³-hybridized carbons (Fsp3) is 0.500. The fourth-order valence-corrected chi connectivity index (χ4v) is 6.53. The maximum atomic E-state index is 10.8. The first-order valence-electron chi connectivity index (χ1n) is 6.98. The van der Waals surface area contributed by atoms with Gasteiger partial charge in [0.2, 0.25) is 0 Å². The molecule has 1 saturated heterocycles. The molecular weight excluding hydrogens is 450 g/mol. The number of hydrogen-bond acceptors (Lipinski definition) is 5. The summed E-state index contributed by atoms with van der Waals surface area (Å²) >= 11 is -2.02. The second-order valence-electron chi connectivity index (χ2n) is 5.15. The first-order chi connectivity index (χ1) is 11.0. The Morgan fingerprint density at radius 3 is 2.61 bits per heavy atom. The first kappa shape index (κ1) is 19.1. The molecule has 0 atom stereocenters.